The zero-order valence-corrected chi connectivity index (χ0v) is 10.1. The molecule has 0 bridgehead atoms. The highest BCUT2D eigenvalue weighted by molar-refractivity contribution is 8.00. The third kappa shape index (κ3) is 4.95. The Hall–Kier alpha value is -0.870. The van der Waals surface area contributed by atoms with Gasteiger partial charge in [-0.3, -0.25) is 0 Å². The van der Waals surface area contributed by atoms with Gasteiger partial charge in [-0.1, -0.05) is 24.2 Å². The van der Waals surface area contributed by atoms with Crippen molar-refractivity contribution in [2.24, 2.45) is 10.9 Å². The highest BCUT2D eigenvalue weighted by atomic mass is 35.5. The van der Waals surface area contributed by atoms with E-state index in [0.29, 0.717) is 5.75 Å². The lowest BCUT2D eigenvalue weighted by Gasteiger charge is -2.01. The number of thioether (sulfide) groups is 1. The fraction of sp³-hybridized carbons (Fsp3) is 0.300. The lowest BCUT2D eigenvalue weighted by Crippen LogP contribution is -2.13. The fourth-order valence-electron chi connectivity index (χ4n) is 1.01. The standard InChI is InChI=1S/C10H14N2OS.ClH/c1-2-8-3-5-9(6-4-8)14-7-10(11)12-13;/h3-6,13H,2,7H2,1H3,(H2,11,12);1H. The van der Waals surface area contributed by atoms with Crippen LogP contribution in [-0.4, -0.2) is 16.8 Å². The monoisotopic (exact) mass is 246 g/mol. The Balaban J connectivity index is 0.00000196. The molecule has 84 valence electrons. The Morgan fingerprint density at radius 3 is 2.47 bits per heavy atom. The summed E-state index contributed by atoms with van der Waals surface area (Å²) in [5.41, 5.74) is 6.67. The van der Waals surface area contributed by atoms with E-state index in [1.807, 2.05) is 12.1 Å². The van der Waals surface area contributed by atoms with E-state index in [0.717, 1.165) is 11.3 Å². The molecule has 0 spiro atoms. The summed E-state index contributed by atoms with van der Waals surface area (Å²) in [6.07, 6.45) is 1.05. The first kappa shape index (κ1) is 14.1. The Morgan fingerprint density at radius 2 is 2.00 bits per heavy atom. The number of hydrogen-bond acceptors (Lipinski definition) is 3. The molecule has 0 radical (unpaired) electrons. The molecule has 3 nitrogen and oxygen atoms in total. The molecule has 1 rings (SSSR count). The molecule has 3 N–H and O–H groups in total. The van der Waals surface area contributed by atoms with Crippen molar-refractivity contribution in [2.45, 2.75) is 18.2 Å². The van der Waals surface area contributed by atoms with E-state index in [4.69, 9.17) is 10.9 Å². The van der Waals surface area contributed by atoms with Crippen molar-refractivity contribution in [2.75, 3.05) is 5.75 Å². The average molecular weight is 247 g/mol. The summed E-state index contributed by atoms with van der Waals surface area (Å²) in [7, 11) is 0. The topological polar surface area (TPSA) is 58.6 Å². The Labute approximate surface area is 100 Å². The fourth-order valence-corrected chi connectivity index (χ4v) is 1.71. The van der Waals surface area contributed by atoms with Gasteiger partial charge in [0, 0.05) is 4.90 Å². The molecular weight excluding hydrogens is 232 g/mol. The summed E-state index contributed by atoms with van der Waals surface area (Å²) in [4.78, 5) is 1.13. The van der Waals surface area contributed by atoms with E-state index in [1.165, 1.54) is 5.56 Å². The van der Waals surface area contributed by atoms with E-state index in [2.05, 4.69) is 24.2 Å². The van der Waals surface area contributed by atoms with Crippen LogP contribution in [0.4, 0.5) is 0 Å². The molecule has 0 aromatic heterocycles. The molecule has 0 amide bonds. The number of nitrogens with two attached hydrogens (primary N) is 1. The van der Waals surface area contributed by atoms with Crippen LogP contribution >= 0.6 is 24.2 Å². The van der Waals surface area contributed by atoms with Gasteiger partial charge in [-0.2, -0.15) is 0 Å². The van der Waals surface area contributed by atoms with Crippen LogP contribution in [0.3, 0.4) is 0 Å². The van der Waals surface area contributed by atoms with Gasteiger partial charge >= 0.3 is 0 Å². The van der Waals surface area contributed by atoms with Crippen LogP contribution in [0, 0.1) is 0 Å². The predicted molar refractivity (Wildman–Crippen MR) is 67.2 cm³/mol. The van der Waals surface area contributed by atoms with E-state index < -0.39 is 0 Å². The van der Waals surface area contributed by atoms with Gasteiger partial charge in [-0.05, 0) is 24.1 Å². The summed E-state index contributed by atoms with van der Waals surface area (Å²) in [6, 6.07) is 8.28. The van der Waals surface area contributed by atoms with Crippen molar-refractivity contribution in [1.29, 1.82) is 0 Å². The highest BCUT2D eigenvalue weighted by Gasteiger charge is 1.97. The second kappa shape index (κ2) is 7.43. The highest BCUT2D eigenvalue weighted by Crippen LogP contribution is 2.18. The number of benzene rings is 1. The van der Waals surface area contributed by atoms with Gasteiger partial charge in [0.2, 0.25) is 0 Å². The van der Waals surface area contributed by atoms with E-state index in [1.54, 1.807) is 11.8 Å². The summed E-state index contributed by atoms with van der Waals surface area (Å²) in [5.74, 6) is 0.761. The summed E-state index contributed by atoms with van der Waals surface area (Å²) in [5, 5.41) is 11.3. The molecule has 1 aromatic carbocycles. The van der Waals surface area contributed by atoms with Crippen LogP contribution in [0.15, 0.2) is 34.3 Å². The van der Waals surface area contributed by atoms with Crippen molar-refractivity contribution in [3.8, 4) is 0 Å². The van der Waals surface area contributed by atoms with Crippen molar-refractivity contribution in [3.05, 3.63) is 29.8 Å². The lowest BCUT2D eigenvalue weighted by molar-refractivity contribution is 0.318. The van der Waals surface area contributed by atoms with Gasteiger partial charge < -0.3 is 10.9 Å². The first-order valence-electron chi connectivity index (χ1n) is 4.44. The van der Waals surface area contributed by atoms with Crippen LogP contribution in [0.1, 0.15) is 12.5 Å². The second-order valence-corrected chi connectivity index (χ2v) is 3.93. The summed E-state index contributed by atoms with van der Waals surface area (Å²) >= 11 is 1.56. The predicted octanol–water partition coefficient (Wildman–Crippen LogP) is 2.51. The van der Waals surface area contributed by atoms with Crippen LogP contribution in [0.2, 0.25) is 0 Å². The molecule has 0 atom stereocenters. The number of amidine groups is 1. The third-order valence-electron chi connectivity index (χ3n) is 1.85. The average Bonchev–Trinajstić information content (AvgIpc) is 2.26. The molecule has 0 unspecified atom stereocenters. The van der Waals surface area contributed by atoms with Crippen LogP contribution in [0.5, 0.6) is 0 Å². The second-order valence-electron chi connectivity index (χ2n) is 2.88. The maximum Gasteiger partial charge on any atom is 0.149 e. The molecule has 0 saturated carbocycles. The van der Waals surface area contributed by atoms with E-state index in [-0.39, 0.29) is 18.2 Å². The maximum atomic E-state index is 8.34. The number of rotatable bonds is 4. The van der Waals surface area contributed by atoms with Gasteiger partial charge in [0.25, 0.3) is 0 Å². The third-order valence-corrected chi connectivity index (χ3v) is 2.89. The van der Waals surface area contributed by atoms with E-state index in [9.17, 15) is 0 Å². The first-order chi connectivity index (χ1) is 6.76. The van der Waals surface area contributed by atoms with Crippen molar-refractivity contribution >= 4 is 30.0 Å². The lowest BCUT2D eigenvalue weighted by atomic mass is 10.2. The minimum Gasteiger partial charge on any atom is -0.409 e. The smallest absolute Gasteiger partial charge is 0.149 e. The minimum atomic E-state index is 0. The normalized spacial score (nSPS) is 10.9. The van der Waals surface area contributed by atoms with Gasteiger partial charge in [0.1, 0.15) is 5.84 Å². The number of aryl methyl sites for hydroxylation is 1. The molecule has 15 heavy (non-hydrogen) atoms. The van der Waals surface area contributed by atoms with Crippen molar-refractivity contribution < 1.29 is 5.21 Å². The zero-order valence-electron chi connectivity index (χ0n) is 8.51. The summed E-state index contributed by atoms with van der Waals surface area (Å²) in [6.45, 7) is 2.12. The molecule has 1 aromatic rings. The largest absolute Gasteiger partial charge is 0.409 e. The van der Waals surface area contributed by atoms with Crippen LogP contribution < -0.4 is 5.73 Å². The SMILES string of the molecule is CCc1ccc(SC/C(N)=N\O)cc1.Cl. The van der Waals surface area contributed by atoms with Gasteiger partial charge in [-0.25, -0.2) is 0 Å². The molecule has 0 aliphatic rings. The molecule has 0 heterocycles. The number of oxime groups is 1. The molecular formula is C10H15ClN2OS. The Morgan fingerprint density at radius 1 is 1.40 bits per heavy atom. The summed E-state index contributed by atoms with van der Waals surface area (Å²) < 4.78 is 0. The van der Waals surface area contributed by atoms with E-state index >= 15 is 0 Å². The Bertz CT molecular complexity index is 314. The quantitative estimate of drug-likeness (QED) is 0.282. The van der Waals surface area contributed by atoms with Crippen LogP contribution in [-0.2, 0) is 6.42 Å². The number of hydrogen-bond donors (Lipinski definition) is 2. The van der Waals surface area contributed by atoms with Crippen molar-refractivity contribution in [1.82, 2.24) is 0 Å². The molecule has 0 fully saturated rings. The number of nitrogens with zero attached hydrogens (tertiary/aromatic N) is 1. The molecule has 5 heteroatoms. The van der Waals surface area contributed by atoms with Gasteiger partial charge in [0.15, 0.2) is 0 Å². The molecule has 0 aliphatic heterocycles. The van der Waals surface area contributed by atoms with Crippen molar-refractivity contribution in [3.63, 3.8) is 0 Å². The first-order valence-corrected chi connectivity index (χ1v) is 5.43. The maximum absolute atomic E-state index is 8.34. The number of halogens is 1. The van der Waals surface area contributed by atoms with Gasteiger partial charge in [-0.15, -0.1) is 24.2 Å². The molecule has 0 saturated heterocycles. The zero-order chi connectivity index (χ0) is 10.4. The minimum absolute atomic E-state index is 0. The Kier molecular flexibility index (Phi) is 6.99. The molecule has 0 aliphatic carbocycles. The van der Waals surface area contributed by atoms with Crippen LogP contribution in [0.25, 0.3) is 0 Å². The van der Waals surface area contributed by atoms with Gasteiger partial charge in [0.05, 0.1) is 5.75 Å².